The van der Waals surface area contributed by atoms with E-state index in [1.165, 1.54) is 25.9 Å². The van der Waals surface area contributed by atoms with Gasteiger partial charge in [0.15, 0.2) is 0 Å². The predicted molar refractivity (Wildman–Crippen MR) is 74.0 cm³/mol. The molecule has 1 amide bonds. The van der Waals surface area contributed by atoms with Crippen molar-refractivity contribution in [1.29, 1.82) is 0 Å². The highest BCUT2D eigenvalue weighted by atomic mass is 16.5. The summed E-state index contributed by atoms with van der Waals surface area (Å²) in [5, 5.41) is 9.80. The zero-order valence-corrected chi connectivity index (χ0v) is 12.3. The molecule has 5 heteroatoms. The second-order valence-corrected chi connectivity index (χ2v) is 4.92. The van der Waals surface area contributed by atoms with E-state index in [0.29, 0.717) is 17.2 Å². The average Bonchev–Trinajstić information content (AvgIpc) is 2.35. The number of hydrogen-bond acceptors (Lipinski definition) is 4. The fourth-order valence-electron chi connectivity index (χ4n) is 1.82. The highest BCUT2D eigenvalue weighted by Crippen LogP contribution is 2.35. The lowest BCUT2D eigenvalue weighted by Crippen LogP contribution is -2.43. The Labute approximate surface area is 113 Å². The topological polar surface area (TPSA) is 59.0 Å². The third-order valence-electron chi connectivity index (χ3n) is 2.89. The van der Waals surface area contributed by atoms with Gasteiger partial charge >= 0.3 is 0 Å². The van der Waals surface area contributed by atoms with Gasteiger partial charge in [0, 0.05) is 13.1 Å². The summed E-state index contributed by atoms with van der Waals surface area (Å²) >= 11 is 0. The lowest BCUT2D eigenvalue weighted by atomic mass is 10.1. The van der Waals surface area contributed by atoms with Gasteiger partial charge in [0.05, 0.1) is 19.9 Å². The van der Waals surface area contributed by atoms with Gasteiger partial charge in [0.2, 0.25) is 0 Å². The number of nitrogens with zero attached hydrogens (tertiary/aromatic N) is 1. The van der Waals surface area contributed by atoms with E-state index in [2.05, 4.69) is 0 Å². The highest BCUT2D eigenvalue weighted by molar-refractivity contribution is 5.99. The zero-order chi connectivity index (χ0) is 14.8. The number of aryl methyl sites for hydroxylation is 1. The minimum atomic E-state index is -1.45. The number of rotatable bonds is 4. The molecule has 1 aromatic rings. The summed E-state index contributed by atoms with van der Waals surface area (Å²) in [6.07, 6.45) is 0. The Morgan fingerprint density at radius 2 is 1.74 bits per heavy atom. The van der Waals surface area contributed by atoms with Crippen molar-refractivity contribution >= 4 is 11.6 Å². The van der Waals surface area contributed by atoms with Gasteiger partial charge in [0.1, 0.15) is 17.1 Å². The monoisotopic (exact) mass is 267 g/mol. The standard InChI is InChI=1S/C14H21NO4/c1-9-7-12(19-6)10(8-11(9)18-5)15(4)13(16)14(2,3)17/h7-8,17H,1-6H3. The molecule has 5 nitrogen and oxygen atoms in total. The number of carbonyl (C=O) groups excluding carboxylic acids is 1. The predicted octanol–water partition coefficient (Wildman–Crippen LogP) is 1.75. The molecule has 0 aromatic heterocycles. The molecule has 106 valence electrons. The largest absolute Gasteiger partial charge is 0.496 e. The van der Waals surface area contributed by atoms with Crippen molar-refractivity contribution in [2.75, 3.05) is 26.2 Å². The molecular formula is C14H21NO4. The van der Waals surface area contributed by atoms with Crippen molar-refractivity contribution in [3.8, 4) is 11.5 Å². The fraction of sp³-hybridized carbons (Fsp3) is 0.500. The van der Waals surface area contributed by atoms with Crippen LogP contribution in [-0.2, 0) is 4.79 Å². The van der Waals surface area contributed by atoms with E-state index in [1.807, 2.05) is 6.92 Å². The molecule has 0 spiro atoms. The van der Waals surface area contributed by atoms with E-state index in [-0.39, 0.29) is 0 Å². The smallest absolute Gasteiger partial charge is 0.258 e. The van der Waals surface area contributed by atoms with Crippen LogP contribution in [0.2, 0.25) is 0 Å². The Morgan fingerprint density at radius 3 is 2.16 bits per heavy atom. The van der Waals surface area contributed by atoms with Crippen molar-refractivity contribution < 1.29 is 19.4 Å². The van der Waals surface area contributed by atoms with Crippen molar-refractivity contribution in [2.45, 2.75) is 26.4 Å². The SMILES string of the molecule is COc1cc(N(C)C(=O)C(C)(C)O)c(OC)cc1C. The van der Waals surface area contributed by atoms with Crippen LogP contribution in [0.5, 0.6) is 11.5 Å². The van der Waals surface area contributed by atoms with Gasteiger partial charge in [-0.2, -0.15) is 0 Å². The number of carbonyl (C=O) groups is 1. The lowest BCUT2D eigenvalue weighted by molar-refractivity contribution is -0.133. The molecule has 0 bridgehead atoms. The molecule has 0 fully saturated rings. The van der Waals surface area contributed by atoms with Gasteiger partial charge in [-0.15, -0.1) is 0 Å². The molecule has 0 saturated carbocycles. The van der Waals surface area contributed by atoms with Gasteiger partial charge in [-0.1, -0.05) is 0 Å². The Balaban J connectivity index is 3.29. The summed E-state index contributed by atoms with van der Waals surface area (Å²) in [5.74, 6) is 0.793. The fourth-order valence-corrected chi connectivity index (χ4v) is 1.82. The molecule has 0 radical (unpaired) electrons. The van der Waals surface area contributed by atoms with E-state index in [4.69, 9.17) is 9.47 Å². The van der Waals surface area contributed by atoms with E-state index in [0.717, 1.165) is 5.56 Å². The molecule has 1 N–H and O–H groups in total. The number of anilines is 1. The Hall–Kier alpha value is -1.75. The van der Waals surface area contributed by atoms with E-state index in [1.54, 1.807) is 26.3 Å². The van der Waals surface area contributed by atoms with Crippen LogP contribution in [-0.4, -0.2) is 37.9 Å². The van der Waals surface area contributed by atoms with Gasteiger partial charge in [-0.25, -0.2) is 0 Å². The minimum Gasteiger partial charge on any atom is -0.496 e. The first-order valence-corrected chi connectivity index (χ1v) is 5.95. The summed E-state index contributed by atoms with van der Waals surface area (Å²) in [5.41, 5.74) is 0.0158. The Kier molecular flexibility index (Phi) is 4.42. The third kappa shape index (κ3) is 3.17. The van der Waals surface area contributed by atoms with Gasteiger partial charge in [-0.05, 0) is 32.4 Å². The summed E-state index contributed by atoms with van der Waals surface area (Å²) in [4.78, 5) is 13.5. The number of methoxy groups -OCH3 is 2. The van der Waals surface area contributed by atoms with Gasteiger partial charge in [0.25, 0.3) is 5.91 Å². The first-order valence-electron chi connectivity index (χ1n) is 5.95. The van der Waals surface area contributed by atoms with Crippen LogP contribution in [0.1, 0.15) is 19.4 Å². The van der Waals surface area contributed by atoms with Crippen molar-refractivity contribution in [3.05, 3.63) is 17.7 Å². The van der Waals surface area contributed by atoms with E-state index in [9.17, 15) is 9.90 Å². The average molecular weight is 267 g/mol. The van der Waals surface area contributed by atoms with Crippen LogP contribution in [0.25, 0.3) is 0 Å². The van der Waals surface area contributed by atoms with Crippen LogP contribution >= 0.6 is 0 Å². The molecule has 1 aromatic carbocycles. The number of hydrogen-bond donors (Lipinski definition) is 1. The van der Waals surface area contributed by atoms with Crippen molar-refractivity contribution in [1.82, 2.24) is 0 Å². The first kappa shape index (κ1) is 15.3. The first-order chi connectivity index (χ1) is 8.72. The normalized spacial score (nSPS) is 11.1. The Morgan fingerprint density at radius 1 is 1.21 bits per heavy atom. The molecule has 0 saturated heterocycles. The summed E-state index contributed by atoms with van der Waals surface area (Å²) in [6.45, 7) is 4.79. The maximum atomic E-state index is 12.1. The number of likely N-dealkylation sites (N-methyl/N-ethyl adjacent to an activating group) is 1. The molecule has 0 aliphatic rings. The van der Waals surface area contributed by atoms with Crippen molar-refractivity contribution in [3.63, 3.8) is 0 Å². The molecule has 1 rings (SSSR count). The van der Waals surface area contributed by atoms with Crippen LogP contribution in [0.4, 0.5) is 5.69 Å². The molecule has 0 heterocycles. The lowest BCUT2D eigenvalue weighted by Gasteiger charge is -2.27. The maximum Gasteiger partial charge on any atom is 0.258 e. The van der Waals surface area contributed by atoms with E-state index >= 15 is 0 Å². The highest BCUT2D eigenvalue weighted by Gasteiger charge is 2.29. The van der Waals surface area contributed by atoms with Crippen molar-refractivity contribution in [2.24, 2.45) is 0 Å². The Bertz CT molecular complexity index is 477. The molecule has 0 aliphatic heterocycles. The molecular weight excluding hydrogens is 246 g/mol. The molecule has 19 heavy (non-hydrogen) atoms. The summed E-state index contributed by atoms with van der Waals surface area (Å²) in [7, 11) is 4.69. The van der Waals surface area contributed by atoms with Crippen LogP contribution < -0.4 is 14.4 Å². The van der Waals surface area contributed by atoms with Crippen LogP contribution in [0.3, 0.4) is 0 Å². The summed E-state index contributed by atoms with van der Waals surface area (Å²) in [6, 6.07) is 3.51. The van der Waals surface area contributed by atoms with Crippen LogP contribution in [0.15, 0.2) is 12.1 Å². The number of aliphatic hydroxyl groups is 1. The zero-order valence-electron chi connectivity index (χ0n) is 12.3. The molecule has 0 atom stereocenters. The number of amides is 1. The van der Waals surface area contributed by atoms with Gasteiger partial charge < -0.3 is 19.5 Å². The third-order valence-corrected chi connectivity index (χ3v) is 2.89. The second-order valence-electron chi connectivity index (χ2n) is 4.92. The molecule has 0 unspecified atom stereocenters. The second kappa shape index (κ2) is 5.48. The van der Waals surface area contributed by atoms with Gasteiger partial charge in [-0.3, -0.25) is 4.79 Å². The quantitative estimate of drug-likeness (QED) is 0.903. The van der Waals surface area contributed by atoms with E-state index < -0.39 is 11.5 Å². The van der Waals surface area contributed by atoms with Crippen LogP contribution in [0, 0.1) is 6.92 Å². The summed E-state index contributed by atoms with van der Waals surface area (Å²) < 4.78 is 10.5. The minimum absolute atomic E-state index is 0.420. The molecule has 0 aliphatic carbocycles. The number of ether oxygens (including phenoxy) is 2. The maximum absolute atomic E-state index is 12.1. The number of benzene rings is 1.